The molecule has 0 amide bonds. The maximum Gasteiger partial charge on any atom is 0.163 e. The van der Waals surface area contributed by atoms with Crippen molar-refractivity contribution in [3.63, 3.8) is 0 Å². The Morgan fingerprint density at radius 1 is 0.760 bits per heavy atom. The fourth-order valence-electron chi connectivity index (χ4n) is 3.29. The van der Waals surface area contributed by atoms with Crippen molar-refractivity contribution in [3.8, 4) is 5.75 Å². The van der Waals surface area contributed by atoms with Crippen molar-refractivity contribution in [2.24, 2.45) is 0 Å². The number of Topliss-reactive ketones (excluding diaryl/α,β-unsaturated/α-hetero) is 1. The molecule has 0 saturated heterocycles. The zero-order chi connectivity index (χ0) is 17.2. The second kappa shape index (κ2) is 6.40. The van der Waals surface area contributed by atoms with Crippen molar-refractivity contribution in [2.45, 2.75) is 12.8 Å². The molecule has 0 unspecified atom stereocenters. The van der Waals surface area contributed by atoms with E-state index in [9.17, 15) is 9.90 Å². The molecule has 2 nitrogen and oxygen atoms in total. The number of rotatable bonds is 4. The van der Waals surface area contributed by atoms with Gasteiger partial charge in [-0.2, -0.15) is 0 Å². The minimum atomic E-state index is 0.123. The number of carbonyl (C=O) groups excluding carboxylic acids is 1. The third-order valence-electron chi connectivity index (χ3n) is 4.62. The lowest BCUT2D eigenvalue weighted by Crippen LogP contribution is -2.01. The topological polar surface area (TPSA) is 37.3 Å². The summed E-state index contributed by atoms with van der Waals surface area (Å²) < 4.78 is 0. The van der Waals surface area contributed by atoms with Gasteiger partial charge >= 0.3 is 0 Å². The predicted molar refractivity (Wildman–Crippen MR) is 102 cm³/mol. The van der Waals surface area contributed by atoms with E-state index < -0.39 is 0 Å². The molecular weight excluding hydrogens is 308 g/mol. The van der Waals surface area contributed by atoms with Gasteiger partial charge in [0, 0.05) is 12.0 Å². The Morgan fingerprint density at radius 3 is 2.36 bits per heavy atom. The average Bonchev–Trinajstić information content (AvgIpc) is 2.65. The van der Waals surface area contributed by atoms with E-state index in [0.29, 0.717) is 12.8 Å². The SMILES string of the molecule is O=C(CCc1cccc(O)c1)c1ccc2ccc3ccccc3c2c1. The van der Waals surface area contributed by atoms with E-state index in [0.717, 1.165) is 21.9 Å². The van der Waals surface area contributed by atoms with Gasteiger partial charge in [-0.15, -0.1) is 0 Å². The number of carbonyl (C=O) groups is 1. The van der Waals surface area contributed by atoms with Crippen molar-refractivity contribution in [1.29, 1.82) is 0 Å². The molecule has 2 heteroatoms. The van der Waals surface area contributed by atoms with Crippen molar-refractivity contribution in [1.82, 2.24) is 0 Å². The van der Waals surface area contributed by atoms with Crippen LogP contribution in [-0.2, 0) is 6.42 Å². The molecule has 0 aliphatic heterocycles. The summed E-state index contributed by atoms with van der Waals surface area (Å²) in [6.45, 7) is 0. The Labute approximate surface area is 146 Å². The summed E-state index contributed by atoms with van der Waals surface area (Å²) in [6.07, 6.45) is 1.06. The molecule has 0 aliphatic carbocycles. The van der Waals surface area contributed by atoms with Crippen LogP contribution in [0, 0.1) is 0 Å². The van der Waals surface area contributed by atoms with E-state index in [1.807, 2.05) is 36.4 Å². The number of fused-ring (bicyclic) bond motifs is 3. The van der Waals surface area contributed by atoms with E-state index in [2.05, 4.69) is 24.3 Å². The van der Waals surface area contributed by atoms with E-state index in [-0.39, 0.29) is 11.5 Å². The molecule has 0 spiro atoms. The summed E-state index contributed by atoms with van der Waals surface area (Å²) in [5.41, 5.74) is 1.71. The largest absolute Gasteiger partial charge is 0.508 e. The zero-order valence-electron chi connectivity index (χ0n) is 13.8. The number of aromatic hydroxyl groups is 1. The first-order valence-electron chi connectivity index (χ1n) is 8.43. The molecule has 0 radical (unpaired) electrons. The molecule has 4 aromatic rings. The Balaban J connectivity index is 1.64. The third-order valence-corrected chi connectivity index (χ3v) is 4.62. The van der Waals surface area contributed by atoms with Gasteiger partial charge in [-0.3, -0.25) is 4.79 Å². The molecule has 0 bridgehead atoms. The second-order valence-electron chi connectivity index (χ2n) is 6.32. The maximum atomic E-state index is 12.6. The van der Waals surface area contributed by atoms with Crippen LogP contribution >= 0.6 is 0 Å². The van der Waals surface area contributed by atoms with Gasteiger partial charge in [-0.1, -0.05) is 60.7 Å². The number of aryl methyl sites for hydroxylation is 1. The standard InChI is InChI=1S/C23H18O2/c24-20-6-3-4-16(14-20)8-13-23(25)19-12-11-18-10-9-17-5-1-2-7-21(17)22(18)15-19/h1-7,9-12,14-15,24H,8,13H2. The Kier molecular flexibility index (Phi) is 3.95. The molecule has 0 atom stereocenters. The highest BCUT2D eigenvalue weighted by Gasteiger charge is 2.09. The molecular formula is C23H18O2. The summed E-state index contributed by atoms with van der Waals surface area (Å²) in [5.74, 6) is 0.361. The predicted octanol–water partition coefficient (Wildman–Crippen LogP) is 5.51. The van der Waals surface area contributed by atoms with Crippen LogP contribution in [0.3, 0.4) is 0 Å². The molecule has 25 heavy (non-hydrogen) atoms. The van der Waals surface area contributed by atoms with Crippen LogP contribution in [0.25, 0.3) is 21.5 Å². The summed E-state index contributed by atoms with van der Waals surface area (Å²) in [4.78, 5) is 12.6. The highest BCUT2D eigenvalue weighted by atomic mass is 16.3. The first kappa shape index (κ1) is 15.4. The molecule has 0 heterocycles. The molecule has 0 fully saturated rings. The lowest BCUT2D eigenvalue weighted by molar-refractivity contribution is 0.0983. The minimum absolute atomic E-state index is 0.123. The van der Waals surface area contributed by atoms with Crippen molar-refractivity contribution < 1.29 is 9.90 Å². The fraction of sp³-hybridized carbons (Fsp3) is 0.0870. The molecule has 0 aliphatic rings. The van der Waals surface area contributed by atoms with E-state index in [1.165, 1.54) is 10.8 Å². The van der Waals surface area contributed by atoms with Gasteiger partial charge in [0.05, 0.1) is 0 Å². The van der Waals surface area contributed by atoms with Crippen LogP contribution in [0.4, 0.5) is 0 Å². The monoisotopic (exact) mass is 326 g/mol. The van der Waals surface area contributed by atoms with Gasteiger partial charge in [-0.25, -0.2) is 0 Å². The number of ketones is 1. The van der Waals surface area contributed by atoms with Gasteiger partial charge in [0.25, 0.3) is 0 Å². The lowest BCUT2D eigenvalue weighted by Gasteiger charge is -2.07. The van der Waals surface area contributed by atoms with Gasteiger partial charge < -0.3 is 5.11 Å². The van der Waals surface area contributed by atoms with Crippen LogP contribution in [0.2, 0.25) is 0 Å². The highest BCUT2D eigenvalue weighted by Crippen LogP contribution is 2.26. The smallest absolute Gasteiger partial charge is 0.163 e. The molecule has 122 valence electrons. The third kappa shape index (κ3) is 3.11. The van der Waals surface area contributed by atoms with Gasteiger partial charge in [-0.05, 0) is 51.7 Å². The van der Waals surface area contributed by atoms with Crippen LogP contribution < -0.4 is 0 Å². The van der Waals surface area contributed by atoms with Gasteiger partial charge in [0.1, 0.15) is 5.75 Å². The Bertz CT molecular complexity index is 1080. The van der Waals surface area contributed by atoms with E-state index >= 15 is 0 Å². The molecule has 4 aromatic carbocycles. The van der Waals surface area contributed by atoms with Crippen LogP contribution in [0.15, 0.2) is 78.9 Å². The lowest BCUT2D eigenvalue weighted by atomic mass is 9.97. The number of hydrogen-bond acceptors (Lipinski definition) is 2. The van der Waals surface area contributed by atoms with Gasteiger partial charge in [0.15, 0.2) is 5.78 Å². The number of phenols is 1. The first-order valence-corrected chi connectivity index (χ1v) is 8.43. The highest BCUT2D eigenvalue weighted by molar-refractivity contribution is 6.10. The molecule has 0 saturated carbocycles. The minimum Gasteiger partial charge on any atom is -0.508 e. The van der Waals surface area contributed by atoms with Crippen LogP contribution in [-0.4, -0.2) is 10.9 Å². The quantitative estimate of drug-likeness (QED) is 0.396. The maximum absolute atomic E-state index is 12.6. The van der Waals surface area contributed by atoms with E-state index in [1.54, 1.807) is 18.2 Å². The number of phenolic OH excluding ortho intramolecular Hbond substituents is 1. The summed E-state index contributed by atoms with van der Waals surface area (Å²) in [7, 11) is 0. The average molecular weight is 326 g/mol. The number of hydrogen-bond donors (Lipinski definition) is 1. The van der Waals surface area contributed by atoms with Crippen LogP contribution in [0.1, 0.15) is 22.3 Å². The number of benzene rings is 4. The summed E-state index contributed by atoms with van der Waals surface area (Å²) >= 11 is 0. The van der Waals surface area contributed by atoms with E-state index in [4.69, 9.17) is 0 Å². The van der Waals surface area contributed by atoms with Crippen LogP contribution in [0.5, 0.6) is 5.75 Å². The van der Waals surface area contributed by atoms with Crippen molar-refractivity contribution in [3.05, 3.63) is 90.0 Å². The fourth-order valence-corrected chi connectivity index (χ4v) is 3.29. The van der Waals surface area contributed by atoms with Crippen molar-refractivity contribution >= 4 is 27.3 Å². The summed E-state index contributed by atoms with van der Waals surface area (Å²) in [5, 5.41) is 14.1. The molecule has 4 rings (SSSR count). The molecule has 0 aromatic heterocycles. The van der Waals surface area contributed by atoms with Gasteiger partial charge in [0.2, 0.25) is 0 Å². The second-order valence-corrected chi connectivity index (χ2v) is 6.32. The van der Waals surface area contributed by atoms with Crippen molar-refractivity contribution in [2.75, 3.05) is 0 Å². The Morgan fingerprint density at radius 2 is 1.52 bits per heavy atom. The molecule has 1 N–H and O–H groups in total. The Hall–Kier alpha value is -3.13. The zero-order valence-corrected chi connectivity index (χ0v) is 13.8. The first-order chi connectivity index (χ1) is 12.2. The summed E-state index contributed by atoms with van der Waals surface area (Å²) in [6, 6.07) is 25.5. The normalized spacial score (nSPS) is 11.0.